The summed E-state index contributed by atoms with van der Waals surface area (Å²) in [6, 6.07) is 0. The number of hydrogen-bond acceptors (Lipinski definition) is 4. The van der Waals surface area contributed by atoms with Crippen molar-refractivity contribution in [2.75, 3.05) is 6.54 Å². The van der Waals surface area contributed by atoms with Gasteiger partial charge in [0.2, 0.25) is 0 Å². The lowest BCUT2D eigenvalue weighted by Gasteiger charge is -2.20. The van der Waals surface area contributed by atoms with Crippen molar-refractivity contribution in [1.82, 2.24) is 0 Å². The van der Waals surface area contributed by atoms with E-state index < -0.39 is 17.3 Å². The van der Waals surface area contributed by atoms with Gasteiger partial charge < -0.3 is 16.6 Å². The summed E-state index contributed by atoms with van der Waals surface area (Å²) in [6.07, 6.45) is 1.38. The predicted octanol–water partition coefficient (Wildman–Crippen LogP) is -0.513. The van der Waals surface area contributed by atoms with Gasteiger partial charge in [-0.2, -0.15) is 0 Å². The minimum atomic E-state index is -1.73. The van der Waals surface area contributed by atoms with Crippen LogP contribution in [0.15, 0.2) is 0 Å². The van der Waals surface area contributed by atoms with Crippen LogP contribution >= 0.6 is 0 Å². The van der Waals surface area contributed by atoms with E-state index in [1.165, 1.54) is 6.92 Å². The Bertz CT molecular complexity index is 190. The van der Waals surface area contributed by atoms with Crippen LogP contribution in [0.3, 0.4) is 0 Å². The lowest BCUT2D eigenvalue weighted by atomic mass is 9.90. The third kappa shape index (κ3) is 3.12. The molecule has 0 rings (SSSR count). The van der Waals surface area contributed by atoms with Crippen molar-refractivity contribution in [2.45, 2.75) is 31.7 Å². The van der Waals surface area contributed by atoms with E-state index in [1.807, 2.05) is 0 Å². The molecule has 0 aliphatic rings. The maximum atomic E-state index is 11.0. The van der Waals surface area contributed by atoms with Gasteiger partial charge in [-0.1, -0.05) is 0 Å². The van der Waals surface area contributed by atoms with Crippen LogP contribution in [-0.2, 0) is 9.59 Å². The van der Waals surface area contributed by atoms with Crippen molar-refractivity contribution in [1.29, 1.82) is 0 Å². The molecule has 0 aliphatic carbocycles. The molecule has 5 heteroatoms. The molecule has 13 heavy (non-hydrogen) atoms. The van der Waals surface area contributed by atoms with Crippen molar-refractivity contribution < 1.29 is 14.7 Å². The third-order valence-corrected chi connectivity index (χ3v) is 2.04. The molecular formula is C8H16N2O3. The minimum Gasteiger partial charge on any atom is -0.480 e. The Morgan fingerprint density at radius 3 is 2.23 bits per heavy atom. The summed E-state index contributed by atoms with van der Waals surface area (Å²) in [5.41, 5.74) is 8.94. The number of nitrogens with two attached hydrogens (primary N) is 2. The maximum absolute atomic E-state index is 11.0. The molecule has 0 radical (unpaired) electrons. The van der Waals surface area contributed by atoms with Crippen LogP contribution in [0, 0.1) is 0 Å². The first-order valence-corrected chi connectivity index (χ1v) is 4.18. The summed E-state index contributed by atoms with van der Waals surface area (Å²) < 4.78 is 0. The summed E-state index contributed by atoms with van der Waals surface area (Å²) in [7, 11) is 0. The zero-order valence-electron chi connectivity index (χ0n) is 7.75. The number of rotatable bonds is 6. The van der Waals surface area contributed by atoms with E-state index in [9.17, 15) is 9.59 Å². The van der Waals surface area contributed by atoms with E-state index in [-0.39, 0.29) is 6.42 Å². The smallest absolute Gasteiger partial charge is 0.331 e. The SMILES string of the molecule is CC(=O)C(N)(CCCCN)C(=O)O. The highest BCUT2D eigenvalue weighted by atomic mass is 16.4. The molecule has 0 amide bonds. The number of unbranched alkanes of at least 4 members (excludes halogenated alkanes) is 1. The van der Waals surface area contributed by atoms with Crippen molar-refractivity contribution >= 4 is 11.8 Å². The van der Waals surface area contributed by atoms with Crippen LogP contribution < -0.4 is 11.5 Å². The molecule has 0 fully saturated rings. The van der Waals surface area contributed by atoms with Crippen molar-refractivity contribution in [2.24, 2.45) is 11.5 Å². The van der Waals surface area contributed by atoms with E-state index in [0.717, 1.165) is 0 Å². The summed E-state index contributed by atoms with van der Waals surface area (Å²) in [4.78, 5) is 21.6. The average Bonchev–Trinajstić information content (AvgIpc) is 2.03. The van der Waals surface area contributed by atoms with Gasteiger partial charge in [0.25, 0.3) is 0 Å². The van der Waals surface area contributed by atoms with Crippen LogP contribution in [0.2, 0.25) is 0 Å². The molecule has 0 aliphatic heterocycles. The summed E-state index contributed by atoms with van der Waals surface area (Å²) in [6.45, 7) is 1.67. The molecule has 5 nitrogen and oxygen atoms in total. The van der Waals surface area contributed by atoms with Gasteiger partial charge >= 0.3 is 5.97 Å². The second-order valence-electron chi connectivity index (χ2n) is 3.08. The van der Waals surface area contributed by atoms with Gasteiger partial charge in [-0.05, 0) is 32.7 Å². The Kier molecular flexibility index (Phi) is 4.58. The Morgan fingerprint density at radius 1 is 1.38 bits per heavy atom. The number of carboxylic acids is 1. The summed E-state index contributed by atoms with van der Waals surface area (Å²) in [5.74, 6) is -1.78. The standard InChI is InChI=1S/C8H16N2O3/c1-6(11)8(10,7(12)13)4-2-3-5-9/h2-5,9-10H2,1H3,(H,12,13). The van der Waals surface area contributed by atoms with Gasteiger partial charge in [0.05, 0.1) is 0 Å². The molecule has 1 unspecified atom stereocenters. The number of aliphatic carboxylic acids is 1. The monoisotopic (exact) mass is 188 g/mol. The first kappa shape index (κ1) is 12.1. The highest BCUT2D eigenvalue weighted by Crippen LogP contribution is 2.12. The van der Waals surface area contributed by atoms with Gasteiger partial charge in [-0.3, -0.25) is 4.79 Å². The Labute approximate surface area is 77.1 Å². The van der Waals surface area contributed by atoms with Gasteiger partial charge in [0, 0.05) is 0 Å². The first-order valence-electron chi connectivity index (χ1n) is 4.18. The zero-order chi connectivity index (χ0) is 10.5. The molecule has 0 saturated heterocycles. The predicted molar refractivity (Wildman–Crippen MR) is 48.1 cm³/mol. The second kappa shape index (κ2) is 4.94. The van der Waals surface area contributed by atoms with Crippen LogP contribution in [0.25, 0.3) is 0 Å². The molecule has 0 saturated carbocycles. The highest BCUT2D eigenvalue weighted by molar-refractivity contribution is 6.06. The molecule has 5 N–H and O–H groups in total. The number of Topliss-reactive ketones (excluding diaryl/α,β-unsaturated/α-hetero) is 1. The number of ketones is 1. The third-order valence-electron chi connectivity index (χ3n) is 2.04. The fourth-order valence-corrected chi connectivity index (χ4v) is 0.982. The van der Waals surface area contributed by atoms with Crippen LogP contribution in [0.1, 0.15) is 26.2 Å². The molecule has 0 aromatic rings. The Balaban J connectivity index is 4.26. The second-order valence-corrected chi connectivity index (χ2v) is 3.08. The number of carboxylic acid groups (broad SMARTS) is 1. The first-order chi connectivity index (χ1) is 5.95. The molecule has 1 atom stereocenters. The van der Waals surface area contributed by atoms with Crippen LogP contribution in [0.4, 0.5) is 0 Å². The van der Waals surface area contributed by atoms with Gasteiger partial charge in [-0.25, -0.2) is 4.79 Å². The fraction of sp³-hybridized carbons (Fsp3) is 0.750. The van der Waals surface area contributed by atoms with Crippen LogP contribution in [0.5, 0.6) is 0 Å². The molecule has 0 aromatic carbocycles. The Morgan fingerprint density at radius 2 is 1.92 bits per heavy atom. The van der Waals surface area contributed by atoms with E-state index >= 15 is 0 Å². The lowest BCUT2D eigenvalue weighted by molar-refractivity contribution is -0.148. The molecule has 0 bridgehead atoms. The summed E-state index contributed by atoms with van der Waals surface area (Å²) >= 11 is 0. The number of carbonyl (C=O) groups excluding carboxylic acids is 1. The summed E-state index contributed by atoms with van der Waals surface area (Å²) in [5, 5.41) is 8.73. The maximum Gasteiger partial charge on any atom is 0.331 e. The van der Waals surface area contributed by atoms with Crippen molar-refractivity contribution in [3.8, 4) is 0 Å². The van der Waals surface area contributed by atoms with Gasteiger partial charge in [0.1, 0.15) is 0 Å². The van der Waals surface area contributed by atoms with Gasteiger partial charge in [0.15, 0.2) is 11.3 Å². The van der Waals surface area contributed by atoms with E-state index in [0.29, 0.717) is 19.4 Å². The average molecular weight is 188 g/mol. The zero-order valence-corrected chi connectivity index (χ0v) is 7.75. The molecule has 76 valence electrons. The Hall–Kier alpha value is -0.940. The van der Waals surface area contributed by atoms with Crippen LogP contribution in [-0.4, -0.2) is 28.9 Å². The lowest BCUT2D eigenvalue weighted by Crippen LogP contribution is -2.53. The molecule has 0 aromatic heterocycles. The highest BCUT2D eigenvalue weighted by Gasteiger charge is 2.38. The van der Waals surface area contributed by atoms with Crippen molar-refractivity contribution in [3.05, 3.63) is 0 Å². The quantitative estimate of drug-likeness (QED) is 0.384. The fourth-order valence-electron chi connectivity index (χ4n) is 0.982. The number of carbonyl (C=O) groups is 2. The van der Waals surface area contributed by atoms with E-state index in [1.54, 1.807) is 0 Å². The van der Waals surface area contributed by atoms with E-state index in [2.05, 4.69) is 0 Å². The molecule has 0 spiro atoms. The topological polar surface area (TPSA) is 106 Å². The number of hydrogen-bond donors (Lipinski definition) is 3. The molecule has 0 heterocycles. The minimum absolute atomic E-state index is 0.148. The largest absolute Gasteiger partial charge is 0.480 e. The van der Waals surface area contributed by atoms with Gasteiger partial charge in [-0.15, -0.1) is 0 Å². The van der Waals surface area contributed by atoms with Crippen molar-refractivity contribution in [3.63, 3.8) is 0 Å². The normalized spacial score (nSPS) is 15.0. The van der Waals surface area contributed by atoms with E-state index in [4.69, 9.17) is 16.6 Å². The molecular weight excluding hydrogens is 172 g/mol.